The lowest BCUT2D eigenvalue weighted by Crippen LogP contribution is -2.15. The molecule has 0 bridgehead atoms. The van der Waals surface area contributed by atoms with Crippen molar-refractivity contribution in [3.05, 3.63) is 64.5 Å². The first-order chi connectivity index (χ1) is 12.5. The molecule has 0 spiro atoms. The van der Waals surface area contributed by atoms with Gasteiger partial charge < -0.3 is 10.1 Å². The second kappa shape index (κ2) is 8.16. The lowest BCUT2D eigenvalue weighted by Gasteiger charge is -2.16. The zero-order valence-electron chi connectivity index (χ0n) is 14.1. The molecule has 2 aromatic carbocycles. The monoisotopic (exact) mass is 395 g/mol. The molecule has 0 atom stereocenters. The molecule has 0 saturated carbocycles. The molecule has 0 saturated heterocycles. The molecule has 0 aliphatic heterocycles. The average Bonchev–Trinajstić information content (AvgIpc) is 2.57. The Labute approximate surface area is 151 Å². The van der Waals surface area contributed by atoms with Crippen molar-refractivity contribution in [1.82, 2.24) is 5.32 Å². The second-order valence-electron chi connectivity index (χ2n) is 5.70. The summed E-state index contributed by atoms with van der Waals surface area (Å²) in [5, 5.41) is 2.99. The van der Waals surface area contributed by atoms with Crippen LogP contribution in [0.1, 0.15) is 29.2 Å². The summed E-state index contributed by atoms with van der Waals surface area (Å²) in [6.07, 6.45) is -9.91. The molecule has 2 nitrogen and oxygen atoms in total. The van der Waals surface area contributed by atoms with E-state index < -0.39 is 41.5 Å². The van der Waals surface area contributed by atoms with Crippen molar-refractivity contribution in [2.75, 3.05) is 6.54 Å². The van der Waals surface area contributed by atoms with Crippen molar-refractivity contribution in [3.8, 4) is 5.75 Å². The Kier molecular flexibility index (Phi) is 6.35. The van der Waals surface area contributed by atoms with E-state index in [1.807, 2.05) is 6.92 Å². The van der Waals surface area contributed by atoms with Crippen LogP contribution in [0.15, 0.2) is 36.4 Å². The van der Waals surface area contributed by atoms with Gasteiger partial charge in [-0.05, 0) is 36.4 Å². The molecule has 148 valence electrons. The number of alkyl halides is 6. The summed E-state index contributed by atoms with van der Waals surface area (Å²) in [6.45, 7) is 2.23. The molecule has 0 aliphatic rings. The van der Waals surface area contributed by atoms with Crippen molar-refractivity contribution in [1.29, 1.82) is 0 Å². The van der Waals surface area contributed by atoms with E-state index in [2.05, 4.69) is 5.32 Å². The number of benzene rings is 2. The van der Waals surface area contributed by atoms with Crippen LogP contribution in [-0.2, 0) is 25.5 Å². The summed E-state index contributed by atoms with van der Waals surface area (Å²) in [5.74, 6) is -1.06. The van der Waals surface area contributed by atoms with Gasteiger partial charge in [-0.2, -0.15) is 26.3 Å². The third kappa shape index (κ3) is 5.59. The average molecular weight is 395 g/mol. The minimum atomic E-state index is -5.01. The highest BCUT2D eigenvalue weighted by Gasteiger charge is 2.38. The maximum atomic E-state index is 14.0. The quantitative estimate of drug-likeness (QED) is 0.648. The second-order valence-corrected chi connectivity index (χ2v) is 5.70. The molecule has 2 aromatic rings. The molecular formula is C18H16F7NO. The summed E-state index contributed by atoms with van der Waals surface area (Å²) in [6, 6.07) is 5.22. The van der Waals surface area contributed by atoms with E-state index in [9.17, 15) is 30.7 Å². The fourth-order valence-corrected chi connectivity index (χ4v) is 2.34. The lowest BCUT2D eigenvalue weighted by atomic mass is 10.0. The van der Waals surface area contributed by atoms with E-state index in [1.165, 1.54) is 12.1 Å². The van der Waals surface area contributed by atoms with Crippen LogP contribution in [-0.4, -0.2) is 6.54 Å². The third-order valence-electron chi connectivity index (χ3n) is 3.70. The molecule has 0 aliphatic carbocycles. The Morgan fingerprint density at radius 1 is 0.926 bits per heavy atom. The van der Waals surface area contributed by atoms with E-state index in [-0.39, 0.29) is 11.8 Å². The van der Waals surface area contributed by atoms with Crippen LogP contribution in [0.5, 0.6) is 5.75 Å². The van der Waals surface area contributed by atoms with Gasteiger partial charge in [-0.3, -0.25) is 0 Å². The first-order valence-electron chi connectivity index (χ1n) is 7.91. The SMILES string of the molecule is CCNCc1ccc(OCc2ccc(C(F)(F)F)cc2C(F)(F)F)c(F)c1. The van der Waals surface area contributed by atoms with Gasteiger partial charge in [-0.25, -0.2) is 4.39 Å². The van der Waals surface area contributed by atoms with Gasteiger partial charge in [0.25, 0.3) is 0 Å². The van der Waals surface area contributed by atoms with E-state index in [0.717, 1.165) is 0 Å². The molecule has 9 heteroatoms. The molecule has 0 heterocycles. The fourth-order valence-electron chi connectivity index (χ4n) is 2.34. The summed E-state index contributed by atoms with van der Waals surface area (Å²) < 4.78 is 96.3. The predicted molar refractivity (Wildman–Crippen MR) is 84.6 cm³/mol. The summed E-state index contributed by atoms with van der Waals surface area (Å²) in [4.78, 5) is 0. The van der Waals surface area contributed by atoms with E-state index in [1.54, 1.807) is 6.07 Å². The van der Waals surface area contributed by atoms with Gasteiger partial charge in [0, 0.05) is 12.1 Å². The topological polar surface area (TPSA) is 21.3 Å². The van der Waals surface area contributed by atoms with Gasteiger partial charge in [-0.15, -0.1) is 0 Å². The van der Waals surface area contributed by atoms with Crippen LogP contribution in [0.2, 0.25) is 0 Å². The van der Waals surface area contributed by atoms with Gasteiger partial charge in [0.05, 0.1) is 11.1 Å². The molecule has 1 N–H and O–H groups in total. The number of ether oxygens (including phenoxy) is 1. The van der Waals surface area contributed by atoms with Crippen molar-refractivity contribution in [2.45, 2.75) is 32.4 Å². The zero-order valence-corrected chi connectivity index (χ0v) is 14.1. The van der Waals surface area contributed by atoms with E-state index >= 15 is 0 Å². The Bertz CT molecular complexity index is 784. The summed E-state index contributed by atoms with van der Waals surface area (Å²) in [5.41, 5.74) is -2.79. The lowest BCUT2D eigenvalue weighted by molar-refractivity contribution is -0.143. The minimum Gasteiger partial charge on any atom is -0.486 e. The van der Waals surface area contributed by atoms with E-state index in [4.69, 9.17) is 4.74 Å². The number of hydrogen-bond donors (Lipinski definition) is 1. The number of nitrogens with one attached hydrogen (secondary N) is 1. The summed E-state index contributed by atoms with van der Waals surface area (Å²) >= 11 is 0. The Hall–Kier alpha value is -2.29. The van der Waals surface area contributed by atoms with Gasteiger partial charge in [0.1, 0.15) is 6.61 Å². The number of rotatable bonds is 6. The van der Waals surface area contributed by atoms with Crippen molar-refractivity contribution >= 4 is 0 Å². The van der Waals surface area contributed by atoms with Gasteiger partial charge in [-0.1, -0.05) is 19.1 Å². The maximum absolute atomic E-state index is 14.0. The predicted octanol–water partition coefficient (Wildman–Crippen LogP) is 5.55. The van der Waals surface area contributed by atoms with Crippen LogP contribution in [0.3, 0.4) is 0 Å². The van der Waals surface area contributed by atoms with Gasteiger partial charge in [0.2, 0.25) is 0 Å². The van der Waals surface area contributed by atoms with Crippen LogP contribution in [0.4, 0.5) is 30.7 Å². The zero-order chi connectivity index (χ0) is 20.2. The molecular weight excluding hydrogens is 379 g/mol. The van der Waals surface area contributed by atoms with Crippen LogP contribution in [0.25, 0.3) is 0 Å². The molecule has 27 heavy (non-hydrogen) atoms. The van der Waals surface area contributed by atoms with Crippen LogP contribution in [0, 0.1) is 5.82 Å². The number of halogens is 7. The van der Waals surface area contributed by atoms with Crippen LogP contribution < -0.4 is 10.1 Å². The molecule has 2 rings (SSSR count). The molecule has 0 aromatic heterocycles. The van der Waals surface area contributed by atoms with Crippen molar-refractivity contribution < 1.29 is 35.5 Å². The van der Waals surface area contributed by atoms with E-state index in [0.29, 0.717) is 30.8 Å². The fraction of sp³-hybridized carbons (Fsp3) is 0.333. The Morgan fingerprint density at radius 2 is 1.63 bits per heavy atom. The van der Waals surface area contributed by atoms with Crippen molar-refractivity contribution in [2.24, 2.45) is 0 Å². The van der Waals surface area contributed by atoms with Crippen molar-refractivity contribution in [3.63, 3.8) is 0 Å². The summed E-state index contributed by atoms with van der Waals surface area (Å²) in [7, 11) is 0. The molecule has 0 fully saturated rings. The smallest absolute Gasteiger partial charge is 0.416 e. The largest absolute Gasteiger partial charge is 0.486 e. The van der Waals surface area contributed by atoms with Gasteiger partial charge in [0.15, 0.2) is 11.6 Å². The number of hydrogen-bond acceptors (Lipinski definition) is 2. The van der Waals surface area contributed by atoms with Gasteiger partial charge >= 0.3 is 12.4 Å². The highest BCUT2D eigenvalue weighted by atomic mass is 19.4. The highest BCUT2D eigenvalue weighted by Crippen LogP contribution is 2.37. The molecule has 0 amide bonds. The molecule has 0 unspecified atom stereocenters. The first kappa shape index (κ1) is 21.0. The third-order valence-corrected chi connectivity index (χ3v) is 3.70. The highest BCUT2D eigenvalue weighted by molar-refractivity contribution is 5.36. The Morgan fingerprint density at radius 3 is 2.19 bits per heavy atom. The minimum absolute atomic E-state index is 0.0224. The van der Waals surface area contributed by atoms with Crippen LogP contribution >= 0.6 is 0 Å². The Balaban J connectivity index is 2.22. The maximum Gasteiger partial charge on any atom is 0.416 e. The standard InChI is InChI=1S/C18H16F7NO/c1-2-26-9-11-3-6-16(15(19)7-11)27-10-12-4-5-13(17(20,21)22)8-14(12)18(23,24)25/h3-8,26H,2,9-10H2,1H3. The normalized spacial score (nSPS) is 12.3. The first-order valence-corrected chi connectivity index (χ1v) is 7.91. The molecule has 0 radical (unpaired) electrons.